The molecule has 0 saturated carbocycles. The van der Waals surface area contributed by atoms with Gasteiger partial charge in [-0.25, -0.2) is 9.97 Å². The van der Waals surface area contributed by atoms with Gasteiger partial charge in [-0.1, -0.05) is 5.16 Å². The minimum absolute atomic E-state index is 0.181. The summed E-state index contributed by atoms with van der Waals surface area (Å²) >= 11 is 0. The third-order valence-electron chi connectivity index (χ3n) is 3.05. The van der Waals surface area contributed by atoms with Gasteiger partial charge in [-0.05, 0) is 6.42 Å². The van der Waals surface area contributed by atoms with Crippen molar-refractivity contribution in [3.63, 3.8) is 0 Å². The molecule has 0 radical (unpaired) electrons. The summed E-state index contributed by atoms with van der Waals surface area (Å²) in [4.78, 5) is 12.7. The summed E-state index contributed by atoms with van der Waals surface area (Å²) in [6.45, 7) is 1.35. The van der Waals surface area contributed by atoms with Crippen LogP contribution in [0.5, 0.6) is 11.8 Å². The molecule has 0 aliphatic carbocycles. The van der Waals surface area contributed by atoms with E-state index in [1.54, 1.807) is 0 Å². The highest BCUT2D eigenvalue weighted by atomic mass is 16.5. The van der Waals surface area contributed by atoms with Crippen molar-refractivity contribution in [2.24, 2.45) is 0 Å². The van der Waals surface area contributed by atoms with Gasteiger partial charge in [0, 0.05) is 12.5 Å². The van der Waals surface area contributed by atoms with Gasteiger partial charge in [0.2, 0.25) is 0 Å². The molecule has 8 nitrogen and oxygen atoms in total. The summed E-state index contributed by atoms with van der Waals surface area (Å²) in [6.07, 6.45) is 2.40. The molecule has 0 bridgehead atoms. The maximum absolute atomic E-state index is 5.31. The van der Waals surface area contributed by atoms with Gasteiger partial charge in [0.15, 0.2) is 11.5 Å². The maximum Gasteiger partial charge on any atom is 0.278 e. The van der Waals surface area contributed by atoms with Crippen molar-refractivity contribution in [2.75, 3.05) is 27.4 Å². The summed E-state index contributed by atoms with van der Waals surface area (Å²) in [5, 5.41) is 3.97. The summed E-state index contributed by atoms with van der Waals surface area (Å²) in [5.74, 6) is 1.70. The second-order valence-corrected chi connectivity index (χ2v) is 4.29. The number of aromatic nitrogens is 4. The first-order chi connectivity index (χ1) is 9.81. The molecule has 1 saturated heterocycles. The molecular weight excluding hydrogens is 264 g/mol. The topological polar surface area (TPSA) is 92.4 Å². The predicted molar refractivity (Wildman–Crippen MR) is 66.6 cm³/mol. The van der Waals surface area contributed by atoms with Gasteiger partial charge >= 0.3 is 0 Å². The number of hydrogen-bond donors (Lipinski definition) is 0. The number of hydrogen-bond acceptors (Lipinski definition) is 8. The molecule has 0 amide bonds. The lowest BCUT2D eigenvalue weighted by Gasteiger charge is -2.04. The monoisotopic (exact) mass is 278 g/mol. The van der Waals surface area contributed by atoms with Gasteiger partial charge in [-0.2, -0.15) is 4.98 Å². The molecule has 3 rings (SSSR count). The summed E-state index contributed by atoms with van der Waals surface area (Å²) in [7, 11) is 2.99. The zero-order chi connectivity index (χ0) is 13.9. The Hall–Kier alpha value is -2.22. The Morgan fingerprint density at radius 1 is 1.20 bits per heavy atom. The van der Waals surface area contributed by atoms with Crippen molar-refractivity contribution in [1.82, 2.24) is 20.1 Å². The Kier molecular flexibility index (Phi) is 3.46. The summed E-state index contributed by atoms with van der Waals surface area (Å²) < 4.78 is 20.7. The van der Waals surface area contributed by atoms with Crippen molar-refractivity contribution in [2.45, 2.75) is 12.3 Å². The lowest BCUT2D eigenvalue weighted by atomic mass is 10.1. The molecule has 2 aromatic rings. The van der Waals surface area contributed by atoms with E-state index in [9.17, 15) is 0 Å². The molecule has 1 unspecified atom stereocenters. The van der Waals surface area contributed by atoms with E-state index >= 15 is 0 Å². The van der Waals surface area contributed by atoms with E-state index in [4.69, 9.17) is 18.7 Å². The molecule has 106 valence electrons. The fraction of sp³-hybridized carbons (Fsp3) is 0.500. The zero-order valence-corrected chi connectivity index (χ0v) is 11.2. The first-order valence-corrected chi connectivity index (χ1v) is 6.18. The second kappa shape index (κ2) is 5.41. The van der Waals surface area contributed by atoms with Crippen LogP contribution in [0.2, 0.25) is 0 Å². The minimum atomic E-state index is 0.181. The smallest absolute Gasteiger partial charge is 0.278 e. The van der Waals surface area contributed by atoms with Crippen molar-refractivity contribution in [1.29, 1.82) is 0 Å². The molecular formula is C12H14N4O4. The van der Waals surface area contributed by atoms with Crippen molar-refractivity contribution >= 4 is 0 Å². The standard InChI is InChI=1S/C12H14N4O4/c1-17-11-12(18-2)14-8(5-13-11)10-15-9(16-20-10)7-3-4-19-6-7/h5,7H,3-4,6H2,1-2H3. The van der Waals surface area contributed by atoms with Crippen molar-refractivity contribution in [3.8, 4) is 23.3 Å². The van der Waals surface area contributed by atoms with E-state index < -0.39 is 0 Å². The predicted octanol–water partition coefficient (Wildman–Crippen LogP) is 1.05. The summed E-state index contributed by atoms with van der Waals surface area (Å²) in [6, 6.07) is 0. The number of methoxy groups -OCH3 is 2. The fourth-order valence-electron chi connectivity index (χ4n) is 1.98. The Balaban J connectivity index is 1.88. The van der Waals surface area contributed by atoms with Gasteiger partial charge in [-0.3, -0.25) is 0 Å². The van der Waals surface area contributed by atoms with Crippen LogP contribution in [-0.4, -0.2) is 47.5 Å². The molecule has 1 aliphatic rings. The Bertz CT molecular complexity index is 595. The molecule has 8 heteroatoms. The number of rotatable bonds is 4. The van der Waals surface area contributed by atoms with Crippen LogP contribution in [-0.2, 0) is 4.74 Å². The van der Waals surface area contributed by atoms with Crippen LogP contribution in [0.4, 0.5) is 0 Å². The third-order valence-corrected chi connectivity index (χ3v) is 3.05. The van der Waals surface area contributed by atoms with Crippen LogP contribution in [0.3, 0.4) is 0 Å². The van der Waals surface area contributed by atoms with Gasteiger partial charge in [0.1, 0.15) is 0 Å². The molecule has 0 N–H and O–H groups in total. The average Bonchev–Trinajstić information content (AvgIpc) is 3.16. The first-order valence-electron chi connectivity index (χ1n) is 6.18. The number of nitrogens with zero attached hydrogens (tertiary/aromatic N) is 4. The molecule has 20 heavy (non-hydrogen) atoms. The zero-order valence-electron chi connectivity index (χ0n) is 11.2. The number of ether oxygens (including phenoxy) is 3. The van der Waals surface area contributed by atoms with Gasteiger partial charge < -0.3 is 18.7 Å². The highest BCUT2D eigenvalue weighted by molar-refractivity contribution is 5.47. The lowest BCUT2D eigenvalue weighted by Crippen LogP contribution is -2.00. The third kappa shape index (κ3) is 2.29. The van der Waals surface area contributed by atoms with Crippen LogP contribution in [0.25, 0.3) is 11.6 Å². The van der Waals surface area contributed by atoms with Gasteiger partial charge in [-0.15, -0.1) is 0 Å². The molecule has 1 atom stereocenters. The van der Waals surface area contributed by atoms with Gasteiger partial charge in [0.05, 0.1) is 27.0 Å². The minimum Gasteiger partial charge on any atom is -0.477 e. The molecule has 0 spiro atoms. The maximum atomic E-state index is 5.31. The van der Waals surface area contributed by atoms with Crippen LogP contribution in [0.1, 0.15) is 18.2 Å². The van der Waals surface area contributed by atoms with E-state index in [0.29, 0.717) is 29.9 Å². The van der Waals surface area contributed by atoms with E-state index in [0.717, 1.165) is 13.0 Å². The Morgan fingerprint density at radius 3 is 2.75 bits per heavy atom. The molecule has 1 aliphatic heterocycles. The summed E-state index contributed by atoms with van der Waals surface area (Å²) in [5.41, 5.74) is 0.445. The van der Waals surface area contributed by atoms with Gasteiger partial charge in [0.25, 0.3) is 17.7 Å². The molecule has 2 aromatic heterocycles. The van der Waals surface area contributed by atoms with Crippen LogP contribution in [0.15, 0.2) is 10.7 Å². The van der Waals surface area contributed by atoms with Crippen molar-refractivity contribution in [3.05, 3.63) is 12.0 Å². The first kappa shape index (κ1) is 12.8. The van der Waals surface area contributed by atoms with Crippen LogP contribution < -0.4 is 9.47 Å². The SMILES string of the molecule is COc1ncc(-c2nc(C3CCOC3)no2)nc1OC. The fourth-order valence-corrected chi connectivity index (χ4v) is 1.98. The molecule has 3 heterocycles. The van der Waals surface area contributed by atoms with E-state index in [2.05, 4.69) is 20.1 Å². The molecule has 0 aromatic carbocycles. The van der Waals surface area contributed by atoms with Crippen LogP contribution in [0, 0.1) is 0 Å². The van der Waals surface area contributed by atoms with Crippen molar-refractivity contribution < 1.29 is 18.7 Å². The quantitative estimate of drug-likeness (QED) is 0.819. The van der Waals surface area contributed by atoms with Crippen LogP contribution >= 0.6 is 0 Å². The molecule has 1 fully saturated rings. The average molecular weight is 278 g/mol. The lowest BCUT2D eigenvalue weighted by molar-refractivity contribution is 0.192. The highest BCUT2D eigenvalue weighted by Gasteiger charge is 2.24. The normalized spacial score (nSPS) is 18.2. The largest absolute Gasteiger partial charge is 0.477 e. The second-order valence-electron chi connectivity index (χ2n) is 4.29. The Labute approximate surface area is 115 Å². The van der Waals surface area contributed by atoms with E-state index in [1.165, 1.54) is 20.4 Å². The highest BCUT2D eigenvalue weighted by Crippen LogP contribution is 2.27. The Morgan fingerprint density at radius 2 is 2.05 bits per heavy atom. The van der Waals surface area contributed by atoms with E-state index in [-0.39, 0.29) is 11.8 Å². The van der Waals surface area contributed by atoms with E-state index in [1.807, 2.05) is 0 Å².